The number of hydrogen-bond donors (Lipinski definition) is 1. The van der Waals surface area contributed by atoms with Crippen LogP contribution in [0.25, 0.3) is 0 Å². The van der Waals surface area contributed by atoms with Gasteiger partial charge < -0.3 is 14.6 Å². The molecule has 1 saturated heterocycles. The lowest BCUT2D eigenvalue weighted by Crippen LogP contribution is -2.19. The fraction of sp³-hybridized carbons (Fsp3) is 0.833. The average molecular weight is 239 g/mol. The van der Waals surface area contributed by atoms with Gasteiger partial charge in [-0.15, -0.1) is 0 Å². The summed E-state index contributed by atoms with van der Waals surface area (Å²) < 4.78 is 10.6. The summed E-state index contributed by atoms with van der Waals surface area (Å²) in [6, 6.07) is 0. The van der Waals surface area contributed by atoms with Crippen molar-refractivity contribution >= 4 is 0 Å². The van der Waals surface area contributed by atoms with Crippen LogP contribution in [-0.2, 0) is 11.3 Å². The van der Waals surface area contributed by atoms with Gasteiger partial charge in [-0.2, -0.15) is 4.98 Å². The van der Waals surface area contributed by atoms with Crippen LogP contribution in [0.4, 0.5) is 0 Å². The smallest absolute Gasteiger partial charge is 0.240 e. The van der Waals surface area contributed by atoms with Crippen molar-refractivity contribution in [2.75, 3.05) is 19.8 Å². The van der Waals surface area contributed by atoms with E-state index in [-0.39, 0.29) is 0 Å². The minimum absolute atomic E-state index is 0.311. The summed E-state index contributed by atoms with van der Waals surface area (Å²) in [6.45, 7) is 7.54. The van der Waals surface area contributed by atoms with Crippen LogP contribution >= 0.6 is 0 Å². The van der Waals surface area contributed by atoms with Gasteiger partial charge in [0.15, 0.2) is 5.82 Å². The van der Waals surface area contributed by atoms with Gasteiger partial charge in [-0.25, -0.2) is 0 Å². The Morgan fingerprint density at radius 2 is 2.35 bits per heavy atom. The second-order valence-electron chi connectivity index (χ2n) is 4.99. The van der Waals surface area contributed by atoms with Crippen LogP contribution in [0.1, 0.15) is 44.3 Å². The molecule has 5 nitrogen and oxygen atoms in total. The minimum atomic E-state index is 0.311. The second-order valence-corrected chi connectivity index (χ2v) is 4.99. The summed E-state index contributed by atoms with van der Waals surface area (Å²) in [4.78, 5) is 4.41. The summed E-state index contributed by atoms with van der Waals surface area (Å²) in [7, 11) is 0. The molecule has 0 radical (unpaired) electrons. The van der Waals surface area contributed by atoms with Crippen molar-refractivity contribution in [1.82, 2.24) is 15.5 Å². The predicted molar refractivity (Wildman–Crippen MR) is 63.6 cm³/mol. The van der Waals surface area contributed by atoms with E-state index in [0.717, 1.165) is 38.4 Å². The first-order chi connectivity index (χ1) is 8.25. The third-order valence-electron chi connectivity index (χ3n) is 2.84. The summed E-state index contributed by atoms with van der Waals surface area (Å²) in [5, 5.41) is 7.32. The van der Waals surface area contributed by atoms with E-state index in [4.69, 9.17) is 9.26 Å². The van der Waals surface area contributed by atoms with Gasteiger partial charge in [0.1, 0.15) is 0 Å². The van der Waals surface area contributed by atoms with Gasteiger partial charge in [-0.3, -0.25) is 0 Å². The summed E-state index contributed by atoms with van der Waals surface area (Å²) >= 11 is 0. The number of hydrogen-bond acceptors (Lipinski definition) is 5. The highest BCUT2D eigenvalue weighted by molar-refractivity contribution is 4.96. The molecule has 1 aliphatic rings. The molecule has 1 fully saturated rings. The summed E-state index contributed by atoms with van der Waals surface area (Å²) in [5.41, 5.74) is 0. The third kappa shape index (κ3) is 3.78. The Labute approximate surface area is 102 Å². The van der Waals surface area contributed by atoms with Crippen molar-refractivity contribution in [2.45, 2.75) is 39.2 Å². The average Bonchev–Trinajstić information content (AvgIpc) is 2.78. The van der Waals surface area contributed by atoms with Crippen LogP contribution in [0.5, 0.6) is 0 Å². The first-order valence-corrected chi connectivity index (χ1v) is 6.36. The number of rotatable bonds is 5. The predicted octanol–water partition coefficient (Wildman–Crippen LogP) is 1.71. The zero-order valence-corrected chi connectivity index (χ0v) is 10.6. The first-order valence-electron chi connectivity index (χ1n) is 6.36. The second kappa shape index (κ2) is 6.12. The Morgan fingerprint density at radius 1 is 1.47 bits per heavy atom. The number of nitrogens with zero attached hydrogens (tertiary/aromatic N) is 2. The quantitative estimate of drug-likeness (QED) is 0.847. The Bertz CT molecular complexity index is 332. The molecule has 1 aliphatic heterocycles. The van der Waals surface area contributed by atoms with E-state index in [1.54, 1.807) is 0 Å². The van der Waals surface area contributed by atoms with Gasteiger partial charge >= 0.3 is 0 Å². The van der Waals surface area contributed by atoms with Crippen molar-refractivity contribution in [2.24, 2.45) is 5.92 Å². The maximum absolute atomic E-state index is 5.42. The molecular formula is C12H21N3O2. The van der Waals surface area contributed by atoms with E-state index in [1.165, 1.54) is 0 Å². The van der Waals surface area contributed by atoms with Crippen molar-refractivity contribution in [3.8, 4) is 0 Å². The fourth-order valence-electron chi connectivity index (χ4n) is 1.92. The lowest BCUT2D eigenvalue weighted by atomic mass is 10.0. The first kappa shape index (κ1) is 12.5. The van der Waals surface area contributed by atoms with E-state index in [9.17, 15) is 0 Å². The van der Waals surface area contributed by atoms with Crippen LogP contribution in [0.3, 0.4) is 0 Å². The van der Waals surface area contributed by atoms with Gasteiger partial charge in [-0.05, 0) is 25.3 Å². The van der Waals surface area contributed by atoms with E-state index in [0.29, 0.717) is 24.3 Å². The van der Waals surface area contributed by atoms with Crippen LogP contribution in [-0.4, -0.2) is 29.9 Å². The lowest BCUT2D eigenvalue weighted by molar-refractivity contribution is 0.0773. The highest BCUT2D eigenvalue weighted by atomic mass is 16.5. The molecule has 1 aromatic heterocycles. The third-order valence-corrected chi connectivity index (χ3v) is 2.84. The van der Waals surface area contributed by atoms with Crippen LogP contribution in [0, 0.1) is 5.92 Å². The standard InChI is InChI=1S/C12H21N3O2/c1-9(2)6-13-7-11-14-12(15-17-11)10-4-3-5-16-8-10/h9-10,13H,3-8H2,1-2H3. The van der Waals surface area contributed by atoms with Gasteiger partial charge in [0.05, 0.1) is 13.2 Å². The van der Waals surface area contributed by atoms with Gasteiger partial charge in [0.2, 0.25) is 5.89 Å². The van der Waals surface area contributed by atoms with E-state index < -0.39 is 0 Å². The lowest BCUT2D eigenvalue weighted by Gasteiger charge is -2.18. The van der Waals surface area contributed by atoms with Crippen LogP contribution in [0.15, 0.2) is 4.52 Å². The van der Waals surface area contributed by atoms with E-state index in [2.05, 4.69) is 29.3 Å². The van der Waals surface area contributed by atoms with E-state index >= 15 is 0 Å². The Hall–Kier alpha value is -0.940. The number of aromatic nitrogens is 2. The zero-order chi connectivity index (χ0) is 12.1. The van der Waals surface area contributed by atoms with Crippen molar-refractivity contribution in [1.29, 1.82) is 0 Å². The van der Waals surface area contributed by atoms with Gasteiger partial charge in [-0.1, -0.05) is 19.0 Å². The normalized spacial score (nSPS) is 21.0. The highest BCUT2D eigenvalue weighted by Gasteiger charge is 2.21. The Morgan fingerprint density at radius 3 is 3.06 bits per heavy atom. The van der Waals surface area contributed by atoms with Gasteiger partial charge in [0.25, 0.3) is 0 Å². The molecule has 1 N–H and O–H groups in total. The maximum Gasteiger partial charge on any atom is 0.240 e. The molecule has 0 aliphatic carbocycles. The van der Waals surface area contributed by atoms with Crippen molar-refractivity contribution < 1.29 is 9.26 Å². The van der Waals surface area contributed by atoms with E-state index in [1.807, 2.05) is 0 Å². The molecule has 0 spiro atoms. The highest BCUT2D eigenvalue weighted by Crippen LogP contribution is 2.22. The SMILES string of the molecule is CC(C)CNCc1nc(C2CCCOC2)no1. The molecule has 0 aromatic carbocycles. The maximum atomic E-state index is 5.42. The number of ether oxygens (including phenoxy) is 1. The molecular weight excluding hydrogens is 218 g/mol. The molecule has 17 heavy (non-hydrogen) atoms. The largest absolute Gasteiger partial charge is 0.381 e. The zero-order valence-electron chi connectivity index (χ0n) is 10.6. The molecule has 1 unspecified atom stereocenters. The molecule has 1 aromatic rings. The summed E-state index contributed by atoms with van der Waals surface area (Å²) in [5.74, 6) is 2.41. The Kier molecular flexibility index (Phi) is 4.50. The molecule has 2 rings (SSSR count). The molecule has 1 atom stereocenters. The fourth-order valence-corrected chi connectivity index (χ4v) is 1.92. The molecule has 5 heteroatoms. The van der Waals surface area contributed by atoms with Crippen molar-refractivity contribution in [3.63, 3.8) is 0 Å². The molecule has 96 valence electrons. The van der Waals surface area contributed by atoms with Crippen LogP contribution in [0.2, 0.25) is 0 Å². The summed E-state index contributed by atoms with van der Waals surface area (Å²) in [6.07, 6.45) is 2.18. The van der Waals surface area contributed by atoms with Crippen LogP contribution < -0.4 is 5.32 Å². The van der Waals surface area contributed by atoms with Gasteiger partial charge in [0, 0.05) is 12.5 Å². The topological polar surface area (TPSA) is 60.2 Å². The molecule has 0 saturated carbocycles. The molecule has 0 amide bonds. The number of nitrogens with one attached hydrogen (secondary N) is 1. The van der Waals surface area contributed by atoms with Crippen molar-refractivity contribution in [3.05, 3.63) is 11.7 Å². The Balaban J connectivity index is 1.82. The molecule has 2 heterocycles. The monoisotopic (exact) mass is 239 g/mol. The molecule has 0 bridgehead atoms. The minimum Gasteiger partial charge on any atom is -0.381 e.